The number of piperidine rings is 1. The molecule has 0 saturated carbocycles. The number of nitrogens with zero attached hydrogens (tertiary/aromatic N) is 5. The summed E-state index contributed by atoms with van der Waals surface area (Å²) < 4.78 is 14.1. The molecule has 1 unspecified atom stereocenters. The third-order valence-electron chi connectivity index (χ3n) is 10.2. The van der Waals surface area contributed by atoms with E-state index >= 15 is 0 Å². The van der Waals surface area contributed by atoms with E-state index in [-0.39, 0.29) is 6.09 Å². The number of aliphatic carboxylic acids is 1. The Hall–Kier alpha value is -4.03. The first kappa shape index (κ1) is 35.4. The van der Waals surface area contributed by atoms with Gasteiger partial charge in [-0.2, -0.15) is 0 Å². The lowest BCUT2D eigenvalue weighted by molar-refractivity contribution is -0.160. The van der Waals surface area contributed by atoms with Crippen LogP contribution in [0.25, 0.3) is 42.9 Å². The minimum absolute atomic E-state index is 0.240. The predicted molar refractivity (Wildman–Crippen MR) is 202 cm³/mol. The Morgan fingerprint density at radius 1 is 1.06 bits per heavy atom. The van der Waals surface area contributed by atoms with Crippen LogP contribution in [0.4, 0.5) is 4.79 Å². The Morgan fingerprint density at radius 2 is 1.78 bits per heavy atom. The number of benzene rings is 2. The Kier molecular flexibility index (Phi) is 9.60. The van der Waals surface area contributed by atoms with Crippen LogP contribution in [0.15, 0.2) is 48.8 Å². The van der Waals surface area contributed by atoms with Gasteiger partial charge in [0.25, 0.3) is 0 Å². The average Bonchev–Trinajstić information content (AvgIpc) is 3.84. The highest BCUT2D eigenvalue weighted by Gasteiger charge is 2.35. The van der Waals surface area contributed by atoms with E-state index in [1.54, 1.807) is 4.90 Å². The maximum atomic E-state index is 12.8. The number of likely N-dealkylation sites (tertiary alicyclic amines) is 2. The molecule has 5 aromatic rings. The van der Waals surface area contributed by atoms with Crippen molar-refractivity contribution in [2.24, 2.45) is 7.05 Å². The largest absolute Gasteiger partial charge is 0.479 e. The molecular formula is C39H44ClN5O5S. The number of methoxy groups -OCH3 is 1. The zero-order valence-electron chi connectivity index (χ0n) is 29.9. The van der Waals surface area contributed by atoms with E-state index < -0.39 is 17.7 Å². The SMILES string of the molecule is COC(=O)N1CC[C@@H](N2CCC(c3cn(C)c4ncc(-c5nc6cc(C)c(C(OC(C)(C)C)C(=O)O)c(-c7ccc(Cl)cc7)c6s5)cc34)CC2)C1. The van der Waals surface area contributed by atoms with Crippen LogP contribution in [0.5, 0.6) is 0 Å². The number of amides is 1. The Labute approximate surface area is 306 Å². The molecule has 3 aromatic heterocycles. The summed E-state index contributed by atoms with van der Waals surface area (Å²) in [6.45, 7) is 11.0. The molecule has 7 rings (SSSR count). The molecule has 2 aliphatic rings. The molecular weight excluding hydrogens is 686 g/mol. The second kappa shape index (κ2) is 13.8. The van der Waals surface area contributed by atoms with Crippen LogP contribution in [-0.2, 0) is 21.3 Å². The molecule has 2 atom stereocenters. The van der Waals surface area contributed by atoms with Crippen LogP contribution in [0.2, 0.25) is 5.02 Å². The number of fused-ring (bicyclic) bond motifs is 2. The number of aromatic nitrogens is 3. The van der Waals surface area contributed by atoms with Crippen molar-refractivity contribution >= 4 is 56.3 Å². The predicted octanol–water partition coefficient (Wildman–Crippen LogP) is 8.44. The van der Waals surface area contributed by atoms with Gasteiger partial charge < -0.3 is 24.0 Å². The van der Waals surface area contributed by atoms with Crippen molar-refractivity contribution in [1.29, 1.82) is 0 Å². The van der Waals surface area contributed by atoms with E-state index in [1.807, 2.05) is 71.3 Å². The van der Waals surface area contributed by atoms with E-state index in [1.165, 1.54) is 24.0 Å². The summed E-state index contributed by atoms with van der Waals surface area (Å²) >= 11 is 7.83. The number of pyridine rings is 1. The van der Waals surface area contributed by atoms with Gasteiger partial charge in [0.2, 0.25) is 0 Å². The first-order valence-electron chi connectivity index (χ1n) is 17.4. The maximum Gasteiger partial charge on any atom is 0.409 e. The molecule has 10 nitrogen and oxygen atoms in total. The fraction of sp³-hybridized carbons (Fsp3) is 0.436. The van der Waals surface area contributed by atoms with Gasteiger partial charge in [-0.05, 0) is 107 Å². The minimum Gasteiger partial charge on any atom is -0.479 e. The lowest BCUT2D eigenvalue weighted by Gasteiger charge is -2.35. The lowest BCUT2D eigenvalue weighted by atomic mass is 9.88. The summed E-state index contributed by atoms with van der Waals surface area (Å²) in [6, 6.07) is 12.0. The molecule has 5 heterocycles. The monoisotopic (exact) mass is 729 g/mol. The third kappa shape index (κ3) is 6.96. The van der Waals surface area contributed by atoms with Gasteiger partial charge in [-0.1, -0.05) is 23.7 Å². The van der Waals surface area contributed by atoms with Crippen LogP contribution in [-0.4, -0.2) is 86.4 Å². The van der Waals surface area contributed by atoms with Crippen molar-refractivity contribution in [1.82, 2.24) is 24.3 Å². The number of rotatable bonds is 7. The quantitative estimate of drug-likeness (QED) is 0.178. The van der Waals surface area contributed by atoms with Crippen LogP contribution in [0.1, 0.15) is 68.7 Å². The number of hydrogen-bond donors (Lipinski definition) is 1. The fourth-order valence-electron chi connectivity index (χ4n) is 7.81. The first-order chi connectivity index (χ1) is 24.3. The van der Waals surface area contributed by atoms with Crippen molar-refractivity contribution in [2.75, 3.05) is 33.3 Å². The highest BCUT2D eigenvalue weighted by Crippen LogP contribution is 2.45. The molecule has 12 heteroatoms. The number of thiazole rings is 1. The Morgan fingerprint density at radius 3 is 2.45 bits per heavy atom. The number of aryl methyl sites for hydroxylation is 2. The molecule has 2 aromatic carbocycles. The number of carboxylic acids is 1. The molecule has 1 amide bonds. The number of halogens is 1. The van der Waals surface area contributed by atoms with E-state index in [2.05, 4.69) is 21.7 Å². The fourth-order valence-corrected chi connectivity index (χ4v) is 9.04. The van der Waals surface area contributed by atoms with Gasteiger partial charge in [-0.15, -0.1) is 11.3 Å². The zero-order chi connectivity index (χ0) is 36.2. The zero-order valence-corrected chi connectivity index (χ0v) is 31.5. The molecule has 2 saturated heterocycles. The summed E-state index contributed by atoms with van der Waals surface area (Å²) in [5.41, 5.74) is 6.31. The van der Waals surface area contributed by atoms with Crippen molar-refractivity contribution < 1.29 is 24.2 Å². The van der Waals surface area contributed by atoms with Gasteiger partial charge in [0.15, 0.2) is 6.10 Å². The first-order valence-corrected chi connectivity index (χ1v) is 18.6. The highest BCUT2D eigenvalue weighted by atomic mass is 35.5. The molecule has 0 aliphatic carbocycles. The van der Waals surface area contributed by atoms with E-state index in [0.717, 1.165) is 94.0 Å². The molecule has 0 spiro atoms. The molecule has 0 bridgehead atoms. The van der Waals surface area contributed by atoms with Gasteiger partial charge in [-0.3, -0.25) is 4.90 Å². The smallest absolute Gasteiger partial charge is 0.409 e. The van der Waals surface area contributed by atoms with Crippen LogP contribution >= 0.6 is 22.9 Å². The summed E-state index contributed by atoms with van der Waals surface area (Å²) in [5, 5.41) is 13.0. The van der Waals surface area contributed by atoms with Gasteiger partial charge in [0, 0.05) is 65.7 Å². The number of carbonyl (C=O) groups excluding carboxylic acids is 1. The summed E-state index contributed by atoms with van der Waals surface area (Å²) in [7, 11) is 3.49. The number of carbonyl (C=O) groups is 2. The van der Waals surface area contributed by atoms with Crippen molar-refractivity contribution in [3.8, 4) is 21.7 Å². The van der Waals surface area contributed by atoms with E-state index in [4.69, 9.17) is 31.0 Å². The molecule has 268 valence electrons. The summed E-state index contributed by atoms with van der Waals surface area (Å²) in [5.74, 6) is -0.649. The van der Waals surface area contributed by atoms with E-state index in [0.29, 0.717) is 22.5 Å². The summed E-state index contributed by atoms with van der Waals surface area (Å²) in [6.07, 6.45) is 5.74. The molecule has 0 radical (unpaired) electrons. The third-order valence-corrected chi connectivity index (χ3v) is 11.6. The Balaban J connectivity index is 1.24. The summed E-state index contributed by atoms with van der Waals surface area (Å²) in [4.78, 5) is 39.2. The topological polar surface area (TPSA) is 110 Å². The van der Waals surface area contributed by atoms with Gasteiger partial charge in [0.1, 0.15) is 10.7 Å². The number of carboxylic acid groups (broad SMARTS) is 1. The molecule has 2 fully saturated rings. The van der Waals surface area contributed by atoms with Crippen molar-refractivity contribution in [2.45, 2.75) is 70.6 Å². The minimum atomic E-state index is -1.18. The van der Waals surface area contributed by atoms with Crippen LogP contribution in [0, 0.1) is 6.92 Å². The van der Waals surface area contributed by atoms with Crippen LogP contribution < -0.4 is 0 Å². The van der Waals surface area contributed by atoms with Gasteiger partial charge in [-0.25, -0.2) is 19.6 Å². The standard InChI is InChI=1S/C39H44ClN5O5S/c1-22-17-30-34(32(24-7-9-26(40)10-8-24)31(22)33(37(46)47)50-39(2,3)4)51-36(42-30)25-18-28-29(21-43(5)35(28)41-19-25)23-11-14-44(15-12-23)27-13-16-45(20-27)38(48)49-6/h7-10,17-19,21,23,27,33H,11-16,20H2,1-6H3,(H,46,47)/t27-,33?/m1/s1. The van der Waals surface area contributed by atoms with Crippen LogP contribution in [0.3, 0.4) is 0 Å². The van der Waals surface area contributed by atoms with Gasteiger partial charge >= 0.3 is 12.1 Å². The second-order valence-corrected chi connectivity index (χ2v) is 16.2. The Bertz CT molecular complexity index is 2110. The molecule has 1 N–H and O–H groups in total. The lowest BCUT2D eigenvalue weighted by Crippen LogP contribution is -2.43. The highest BCUT2D eigenvalue weighted by molar-refractivity contribution is 7.22. The molecule has 51 heavy (non-hydrogen) atoms. The number of ether oxygens (including phenoxy) is 2. The van der Waals surface area contributed by atoms with Crippen molar-refractivity contribution in [3.63, 3.8) is 0 Å². The average molecular weight is 730 g/mol. The normalized spacial score (nSPS) is 18.2. The maximum absolute atomic E-state index is 12.8. The molecule has 2 aliphatic heterocycles. The van der Waals surface area contributed by atoms with E-state index in [9.17, 15) is 14.7 Å². The second-order valence-electron chi connectivity index (χ2n) is 14.8. The number of hydrogen-bond acceptors (Lipinski definition) is 8. The van der Waals surface area contributed by atoms with Crippen molar-refractivity contribution in [3.05, 3.63) is 70.5 Å². The van der Waals surface area contributed by atoms with Gasteiger partial charge in [0.05, 0.1) is 22.9 Å².